The molecule has 0 aromatic rings. The van der Waals surface area contributed by atoms with Gasteiger partial charge < -0.3 is 9.84 Å². The van der Waals surface area contributed by atoms with Gasteiger partial charge >= 0.3 is 0 Å². The molecule has 0 aromatic heterocycles. The zero-order valence-electron chi connectivity index (χ0n) is 6.76. The molecule has 0 heterocycles. The van der Waals surface area contributed by atoms with Crippen LogP contribution in [0, 0.1) is 5.41 Å². The summed E-state index contributed by atoms with van der Waals surface area (Å²) in [7, 11) is 1.65. The second kappa shape index (κ2) is 4.47. The molecule has 0 saturated carbocycles. The summed E-state index contributed by atoms with van der Waals surface area (Å²) in [5.41, 5.74) is -0.171. The number of aliphatic hydroxyl groups is 1. The molecule has 0 aromatic carbocycles. The number of rotatable bonds is 5. The van der Waals surface area contributed by atoms with Crippen LogP contribution in [0.25, 0.3) is 0 Å². The molecule has 2 nitrogen and oxygen atoms in total. The lowest BCUT2D eigenvalue weighted by Gasteiger charge is -2.21. The highest BCUT2D eigenvalue weighted by molar-refractivity contribution is 4.90. The number of aliphatic hydroxyl groups excluding tert-OH is 1. The Labute approximate surface area is 62.5 Å². The quantitative estimate of drug-likeness (QED) is 0.588. The summed E-state index contributed by atoms with van der Waals surface area (Å²) in [6, 6.07) is 0. The molecule has 0 fully saturated rings. The maximum atomic E-state index is 8.89. The van der Waals surface area contributed by atoms with E-state index >= 15 is 0 Å². The summed E-state index contributed by atoms with van der Waals surface area (Å²) in [4.78, 5) is 0. The lowest BCUT2D eigenvalue weighted by Crippen LogP contribution is -2.19. The first-order valence-corrected chi connectivity index (χ1v) is 3.42. The zero-order valence-corrected chi connectivity index (χ0v) is 6.76. The number of hydrogen-bond acceptors (Lipinski definition) is 2. The van der Waals surface area contributed by atoms with E-state index in [-0.39, 0.29) is 12.0 Å². The van der Waals surface area contributed by atoms with E-state index in [1.807, 2.05) is 6.92 Å². The summed E-state index contributed by atoms with van der Waals surface area (Å²) < 4.78 is 4.88. The molecule has 10 heavy (non-hydrogen) atoms. The van der Waals surface area contributed by atoms with Crippen LogP contribution in [0.15, 0.2) is 12.7 Å². The molecule has 0 unspecified atom stereocenters. The fourth-order valence-electron chi connectivity index (χ4n) is 0.581. The molecular weight excluding hydrogens is 128 g/mol. The monoisotopic (exact) mass is 144 g/mol. The molecule has 0 radical (unpaired) electrons. The van der Waals surface area contributed by atoms with Crippen LogP contribution in [-0.4, -0.2) is 25.4 Å². The van der Waals surface area contributed by atoms with Gasteiger partial charge in [0.15, 0.2) is 0 Å². The van der Waals surface area contributed by atoms with Crippen molar-refractivity contribution >= 4 is 0 Å². The molecule has 1 atom stereocenters. The second-order valence-corrected chi connectivity index (χ2v) is 2.76. The minimum absolute atomic E-state index is 0.139. The van der Waals surface area contributed by atoms with E-state index < -0.39 is 0 Å². The third-order valence-corrected chi connectivity index (χ3v) is 1.73. The van der Waals surface area contributed by atoms with Gasteiger partial charge in [0.05, 0.1) is 6.61 Å². The summed E-state index contributed by atoms with van der Waals surface area (Å²) in [6.45, 7) is 6.41. The first-order chi connectivity index (χ1) is 4.68. The maximum absolute atomic E-state index is 8.89. The van der Waals surface area contributed by atoms with Gasteiger partial charge in [0, 0.05) is 19.1 Å². The van der Waals surface area contributed by atoms with Crippen LogP contribution in [0.2, 0.25) is 0 Å². The van der Waals surface area contributed by atoms with Crippen LogP contribution in [0.5, 0.6) is 0 Å². The Morgan fingerprint density at radius 1 is 1.70 bits per heavy atom. The van der Waals surface area contributed by atoms with Crippen LogP contribution in [0.4, 0.5) is 0 Å². The van der Waals surface area contributed by atoms with Gasteiger partial charge in [-0.3, -0.25) is 0 Å². The first kappa shape index (κ1) is 9.66. The van der Waals surface area contributed by atoms with Gasteiger partial charge in [-0.05, 0) is 6.42 Å². The van der Waals surface area contributed by atoms with Crippen molar-refractivity contribution in [2.24, 2.45) is 5.41 Å². The van der Waals surface area contributed by atoms with Crippen molar-refractivity contribution in [1.29, 1.82) is 0 Å². The van der Waals surface area contributed by atoms with Crippen molar-refractivity contribution in [3.8, 4) is 0 Å². The molecule has 0 bridgehead atoms. The number of ether oxygens (including phenoxy) is 1. The lowest BCUT2D eigenvalue weighted by molar-refractivity contribution is 0.119. The maximum Gasteiger partial charge on any atom is 0.0520 e. The molecule has 0 aliphatic rings. The summed E-state index contributed by atoms with van der Waals surface area (Å²) >= 11 is 0. The van der Waals surface area contributed by atoms with Crippen molar-refractivity contribution < 1.29 is 9.84 Å². The zero-order chi connectivity index (χ0) is 8.04. The minimum Gasteiger partial charge on any atom is -0.395 e. The summed E-state index contributed by atoms with van der Waals surface area (Å²) in [6.07, 6.45) is 2.59. The molecule has 0 rings (SSSR count). The second-order valence-electron chi connectivity index (χ2n) is 2.76. The van der Waals surface area contributed by atoms with Crippen LogP contribution in [0.1, 0.15) is 13.3 Å². The van der Waals surface area contributed by atoms with E-state index in [9.17, 15) is 0 Å². The molecule has 0 aliphatic carbocycles. The molecule has 0 amide bonds. The van der Waals surface area contributed by atoms with Gasteiger partial charge in [-0.2, -0.15) is 0 Å². The number of methoxy groups -OCH3 is 1. The van der Waals surface area contributed by atoms with Crippen molar-refractivity contribution in [3.05, 3.63) is 12.7 Å². The van der Waals surface area contributed by atoms with Gasteiger partial charge in [-0.15, -0.1) is 6.58 Å². The number of hydrogen-bond donors (Lipinski definition) is 1. The average Bonchev–Trinajstić information content (AvgIpc) is 2.00. The third kappa shape index (κ3) is 2.99. The Bertz CT molecular complexity index is 101. The van der Waals surface area contributed by atoms with Crippen LogP contribution in [0.3, 0.4) is 0 Å². The molecular formula is C8H16O2. The van der Waals surface area contributed by atoms with E-state index in [4.69, 9.17) is 9.84 Å². The topological polar surface area (TPSA) is 29.5 Å². The van der Waals surface area contributed by atoms with E-state index in [1.165, 1.54) is 0 Å². The van der Waals surface area contributed by atoms with Gasteiger partial charge in [-0.25, -0.2) is 0 Å². The molecule has 1 N–H and O–H groups in total. The van der Waals surface area contributed by atoms with Crippen LogP contribution < -0.4 is 0 Å². The highest BCUT2D eigenvalue weighted by atomic mass is 16.5. The Hall–Kier alpha value is -0.340. The smallest absolute Gasteiger partial charge is 0.0520 e. The van der Waals surface area contributed by atoms with E-state index in [0.717, 1.165) is 6.42 Å². The normalized spacial score (nSPS) is 16.3. The van der Waals surface area contributed by atoms with E-state index in [1.54, 1.807) is 13.2 Å². The van der Waals surface area contributed by atoms with Gasteiger partial charge in [0.2, 0.25) is 0 Å². The molecule has 0 spiro atoms. The third-order valence-electron chi connectivity index (χ3n) is 1.73. The van der Waals surface area contributed by atoms with Crippen LogP contribution in [-0.2, 0) is 4.74 Å². The van der Waals surface area contributed by atoms with Gasteiger partial charge in [0.1, 0.15) is 0 Å². The molecule has 0 aliphatic heterocycles. The Morgan fingerprint density at radius 3 is 2.60 bits per heavy atom. The standard InChI is InChI=1S/C8H16O2/c1-4-8(2,7-9)5-6-10-3/h4,9H,1,5-7H2,2-3H3/t8-/m0/s1. The Morgan fingerprint density at radius 2 is 2.30 bits per heavy atom. The van der Waals surface area contributed by atoms with Gasteiger partial charge in [0.25, 0.3) is 0 Å². The van der Waals surface area contributed by atoms with E-state index in [0.29, 0.717) is 6.61 Å². The lowest BCUT2D eigenvalue weighted by atomic mass is 9.89. The predicted molar refractivity (Wildman–Crippen MR) is 41.9 cm³/mol. The van der Waals surface area contributed by atoms with Crippen molar-refractivity contribution in [3.63, 3.8) is 0 Å². The highest BCUT2D eigenvalue weighted by Crippen LogP contribution is 2.20. The fourth-order valence-corrected chi connectivity index (χ4v) is 0.581. The predicted octanol–water partition coefficient (Wildman–Crippen LogP) is 1.21. The average molecular weight is 144 g/mol. The Balaban J connectivity index is 3.68. The van der Waals surface area contributed by atoms with Crippen molar-refractivity contribution in [2.75, 3.05) is 20.3 Å². The van der Waals surface area contributed by atoms with E-state index in [2.05, 4.69) is 6.58 Å². The summed E-state index contributed by atoms with van der Waals surface area (Å²) in [5, 5.41) is 8.89. The summed E-state index contributed by atoms with van der Waals surface area (Å²) in [5.74, 6) is 0. The molecule has 60 valence electrons. The van der Waals surface area contributed by atoms with Crippen LogP contribution >= 0.6 is 0 Å². The largest absolute Gasteiger partial charge is 0.395 e. The highest BCUT2D eigenvalue weighted by Gasteiger charge is 2.17. The van der Waals surface area contributed by atoms with Crippen molar-refractivity contribution in [2.45, 2.75) is 13.3 Å². The Kier molecular flexibility index (Phi) is 4.32. The van der Waals surface area contributed by atoms with Crippen molar-refractivity contribution in [1.82, 2.24) is 0 Å². The fraction of sp³-hybridized carbons (Fsp3) is 0.750. The minimum atomic E-state index is -0.171. The van der Waals surface area contributed by atoms with Gasteiger partial charge in [-0.1, -0.05) is 13.0 Å². The molecule has 0 saturated heterocycles. The molecule has 2 heteroatoms. The first-order valence-electron chi connectivity index (χ1n) is 3.42. The SMILES string of the molecule is C=C[C@](C)(CO)CCOC.